The van der Waals surface area contributed by atoms with Gasteiger partial charge in [0.25, 0.3) is 5.91 Å². The molecule has 11 heteroatoms. The van der Waals surface area contributed by atoms with Crippen LogP contribution in [0.5, 0.6) is 0 Å². The summed E-state index contributed by atoms with van der Waals surface area (Å²) in [5, 5.41) is 2.90. The molecule has 0 aliphatic carbocycles. The van der Waals surface area contributed by atoms with Gasteiger partial charge in [-0.25, -0.2) is 16.8 Å². The molecule has 3 heterocycles. The highest BCUT2D eigenvalue weighted by molar-refractivity contribution is 7.91. The molecule has 4 rings (SSSR count). The lowest BCUT2D eigenvalue weighted by molar-refractivity contribution is -0.0440. The minimum atomic E-state index is -3.70. The Bertz CT molecular complexity index is 1060. The van der Waals surface area contributed by atoms with E-state index in [0.29, 0.717) is 5.56 Å². The number of sulfonamides is 1. The number of carbonyl (C=O) groups excluding carboxylic acids is 1. The Morgan fingerprint density at radius 2 is 1.61 bits per heavy atom. The third-order valence-electron chi connectivity index (χ3n) is 6.64. The molecule has 0 aromatic heterocycles. The van der Waals surface area contributed by atoms with E-state index in [1.54, 1.807) is 0 Å². The number of hydrogen-bond donors (Lipinski definition) is 1. The fourth-order valence-corrected chi connectivity index (χ4v) is 8.63. The van der Waals surface area contributed by atoms with Gasteiger partial charge in [0, 0.05) is 24.7 Å². The van der Waals surface area contributed by atoms with Crippen molar-refractivity contribution in [2.75, 3.05) is 37.7 Å². The number of ether oxygens (including phenoxy) is 1. The number of morpholine rings is 1. The Hall–Kier alpha value is -1.53. The van der Waals surface area contributed by atoms with Crippen LogP contribution in [-0.2, 0) is 24.6 Å². The highest BCUT2D eigenvalue weighted by Gasteiger charge is 2.42. The molecule has 4 atom stereocenters. The molecule has 1 amide bonds. The van der Waals surface area contributed by atoms with Crippen LogP contribution in [0.4, 0.5) is 0 Å². The number of piperidine rings is 1. The van der Waals surface area contributed by atoms with Gasteiger partial charge in [0.15, 0.2) is 9.84 Å². The highest BCUT2D eigenvalue weighted by atomic mass is 32.2. The summed E-state index contributed by atoms with van der Waals surface area (Å²) >= 11 is 0. The molecular weight excluding hydrogens is 466 g/mol. The lowest BCUT2D eigenvalue weighted by Crippen LogP contribution is -2.52. The van der Waals surface area contributed by atoms with Gasteiger partial charge in [-0.15, -0.1) is 0 Å². The molecule has 4 unspecified atom stereocenters. The second-order valence-electron chi connectivity index (χ2n) is 9.42. The van der Waals surface area contributed by atoms with Crippen molar-refractivity contribution >= 4 is 25.8 Å². The quantitative estimate of drug-likeness (QED) is 0.639. The molecule has 0 bridgehead atoms. The Morgan fingerprint density at radius 1 is 1.00 bits per heavy atom. The topological polar surface area (TPSA) is 113 Å². The Kier molecular flexibility index (Phi) is 7.16. The summed E-state index contributed by atoms with van der Waals surface area (Å²) in [6, 6.07) is 5.14. The van der Waals surface area contributed by atoms with Gasteiger partial charge < -0.3 is 10.1 Å². The maximum Gasteiger partial charge on any atom is 0.251 e. The standard InChI is InChI=1S/C22H33N3O6S2/c1-16-12-25(13-17(2)31-16)33(29,30)19-8-6-18(7-9-19)22(26)23-20-14-32(27,28)15-21(20)24-10-4-3-5-11-24/h6-9,16-17,20-21H,3-5,10-15H2,1-2H3,(H,23,26). The number of nitrogens with zero attached hydrogens (tertiary/aromatic N) is 2. The average Bonchev–Trinajstić information content (AvgIpc) is 3.07. The van der Waals surface area contributed by atoms with Gasteiger partial charge in [0.05, 0.1) is 34.7 Å². The number of sulfone groups is 1. The molecule has 9 nitrogen and oxygen atoms in total. The van der Waals surface area contributed by atoms with Crippen molar-refractivity contribution in [3.8, 4) is 0 Å². The van der Waals surface area contributed by atoms with Crippen molar-refractivity contribution in [1.82, 2.24) is 14.5 Å². The third-order valence-corrected chi connectivity index (χ3v) is 10.2. The summed E-state index contributed by atoms with van der Waals surface area (Å²) < 4.78 is 57.7. The Morgan fingerprint density at radius 3 is 2.21 bits per heavy atom. The summed E-state index contributed by atoms with van der Waals surface area (Å²) in [6.45, 7) is 5.93. The Balaban J connectivity index is 1.45. The first kappa shape index (κ1) is 24.6. The molecule has 33 heavy (non-hydrogen) atoms. The molecule has 3 saturated heterocycles. The largest absolute Gasteiger partial charge is 0.373 e. The molecule has 184 valence electrons. The number of hydrogen-bond acceptors (Lipinski definition) is 7. The fraction of sp³-hybridized carbons (Fsp3) is 0.682. The molecule has 1 N–H and O–H groups in total. The minimum Gasteiger partial charge on any atom is -0.373 e. The van der Waals surface area contributed by atoms with Gasteiger partial charge in [-0.1, -0.05) is 6.42 Å². The lowest BCUT2D eigenvalue weighted by Gasteiger charge is -2.35. The van der Waals surface area contributed by atoms with Crippen LogP contribution in [0.2, 0.25) is 0 Å². The van der Waals surface area contributed by atoms with Gasteiger partial charge >= 0.3 is 0 Å². The van der Waals surface area contributed by atoms with Crippen molar-refractivity contribution in [3.63, 3.8) is 0 Å². The van der Waals surface area contributed by atoms with Crippen LogP contribution in [0.15, 0.2) is 29.2 Å². The number of benzene rings is 1. The normalized spacial score (nSPS) is 31.3. The lowest BCUT2D eigenvalue weighted by atomic mass is 10.0. The zero-order valence-corrected chi connectivity index (χ0v) is 20.8. The molecular formula is C22H33N3O6S2. The van der Waals surface area contributed by atoms with Gasteiger partial charge in [-0.3, -0.25) is 9.69 Å². The number of amides is 1. The first-order valence-electron chi connectivity index (χ1n) is 11.6. The fourth-order valence-electron chi connectivity index (χ4n) is 5.08. The number of likely N-dealkylation sites (tertiary alicyclic amines) is 1. The zero-order chi connectivity index (χ0) is 23.8. The minimum absolute atomic E-state index is 0.0610. The third kappa shape index (κ3) is 5.59. The van der Waals surface area contributed by atoms with E-state index >= 15 is 0 Å². The maximum atomic E-state index is 13.0. The van der Waals surface area contributed by atoms with E-state index in [0.717, 1.165) is 32.4 Å². The van der Waals surface area contributed by atoms with Crippen LogP contribution < -0.4 is 5.32 Å². The van der Waals surface area contributed by atoms with Crippen LogP contribution in [0.3, 0.4) is 0 Å². The molecule has 0 saturated carbocycles. The molecule has 1 aromatic rings. The van der Waals surface area contributed by atoms with Crippen LogP contribution in [0.25, 0.3) is 0 Å². The first-order chi connectivity index (χ1) is 15.5. The predicted molar refractivity (Wildman–Crippen MR) is 124 cm³/mol. The van der Waals surface area contributed by atoms with E-state index in [1.165, 1.54) is 28.6 Å². The molecule has 3 aliphatic heterocycles. The monoisotopic (exact) mass is 499 g/mol. The maximum absolute atomic E-state index is 13.0. The van der Waals surface area contributed by atoms with Crippen molar-refractivity contribution in [1.29, 1.82) is 0 Å². The summed E-state index contributed by atoms with van der Waals surface area (Å²) in [7, 11) is -6.92. The van der Waals surface area contributed by atoms with Crippen LogP contribution >= 0.6 is 0 Å². The highest BCUT2D eigenvalue weighted by Crippen LogP contribution is 2.24. The van der Waals surface area contributed by atoms with Crippen LogP contribution in [0.1, 0.15) is 43.5 Å². The van der Waals surface area contributed by atoms with Crippen LogP contribution in [0, 0.1) is 0 Å². The van der Waals surface area contributed by atoms with Gasteiger partial charge in [0.2, 0.25) is 10.0 Å². The molecule has 1 aromatic carbocycles. The van der Waals surface area contributed by atoms with E-state index < -0.39 is 31.8 Å². The SMILES string of the molecule is CC1CN(S(=O)(=O)c2ccc(C(=O)NC3CS(=O)(=O)CC3N3CCCCC3)cc2)CC(C)O1. The van der Waals surface area contributed by atoms with Crippen molar-refractivity contribution < 1.29 is 26.4 Å². The summed E-state index contributed by atoms with van der Waals surface area (Å²) in [5.41, 5.74) is 0.305. The van der Waals surface area contributed by atoms with E-state index in [9.17, 15) is 21.6 Å². The molecule has 3 aliphatic rings. The second kappa shape index (κ2) is 9.61. The average molecular weight is 500 g/mol. The van der Waals surface area contributed by atoms with E-state index in [4.69, 9.17) is 4.74 Å². The smallest absolute Gasteiger partial charge is 0.251 e. The van der Waals surface area contributed by atoms with Crippen molar-refractivity contribution in [3.05, 3.63) is 29.8 Å². The second-order valence-corrected chi connectivity index (χ2v) is 13.5. The molecule has 0 spiro atoms. The van der Waals surface area contributed by atoms with Crippen molar-refractivity contribution in [2.24, 2.45) is 0 Å². The van der Waals surface area contributed by atoms with Gasteiger partial charge in [-0.2, -0.15) is 4.31 Å². The zero-order valence-electron chi connectivity index (χ0n) is 19.1. The summed E-state index contributed by atoms with van der Waals surface area (Å²) in [4.78, 5) is 15.2. The van der Waals surface area contributed by atoms with Gasteiger partial charge in [-0.05, 0) is 64.0 Å². The van der Waals surface area contributed by atoms with Gasteiger partial charge in [0.1, 0.15) is 0 Å². The number of carbonyl (C=O) groups is 1. The summed E-state index contributed by atoms with van der Waals surface area (Å²) in [6.07, 6.45) is 2.83. The number of nitrogens with one attached hydrogen (secondary N) is 1. The molecule has 0 radical (unpaired) electrons. The van der Waals surface area contributed by atoms with Crippen LogP contribution in [-0.4, -0.2) is 93.9 Å². The van der Waals surface area contributed by atoms with E-state index in [-0.39, 0.29) is 47.7 Å². The first-order valence-corrected chi connectivity index (χ1v) is 14.8. The number of rotatable bonds is 5. The molecule has 3 fully saturated rings. The summed E-state index contributed by atoms with van der Waals surface area (Å²) in [5.74, 6) is -0.401. The van der Waals surface area contributed by atoms with Crippen molar-refractivity contribution in [2.45, 2.75) is 62.3 Å². The Labute approximate surface area is 196 Å². The van der Waals surface area contributed by atoms with E-state index in [2.05, 4.69) is 10.2 Å². The predicted octanol–water partition coefficient (Wildman–Crippen LogP) is 0.866. The van der Waals surface area contributed by atoms with E-state index in [1.807, 2.05) is 13.8 Å².